The first-order valence-corrected chi connectivity index (χ1v) is 5.57. The fourth-order valence-electron chi connectivity index (χ4n) is 2.28. The molecule has 2 nitrogen and oxygen atoms in total. The molecule has 1 unspecified atom stereocenters. The maximum Gasteiger partial charge on any atom is 0.262 e. The van der Waals surface area contributed by atoms with E-state index in [9.17, 15) is 4.79 Å². The van der Waals surface area contributed by atoms with Crippen molar-refractivity contribution in [1.29, 1.82) is 0 Å². The average Bonchev–Trinajstić information content (AvgIpc) is 2.29. The van der Waals surface area contributed by atoms with Crippen molar-refractivity contribution >= 4 is 17.0 Å². The molecule has 2 aromatic rings. The van der Waals surface area contributed by atoms with Crippen LogP contribution in [0.15, 0.2) is 41.2 Å². The molecule has 0 N–H and O–H groups in total. The van der Waals surface area contributed by atoms with Crippen LogP contribution in [0.1, 0.15) is 12.6 Å². The highest BCUT2D eigenvalue weighted by Gasteiger charge is 2.12. The molecule has 0 saturated carbocycles. The summed E-state index contributed by atoms with van der Waals surface area (Å²) in [5.74, 6) is 0.514. The van der Waals surface area contributed by atoms with E-state index < -0.39 is 0 Å². The van der Waals surface area contributed by atoms with Crippen LogP contribution in [0.25, 0.3) is 17.0 Å². The molecule has 1 aromatic carbocycles. The van der Waals surface area contributed by atoms with Gasteiger partial charge in [-0.25, -0.2) is 0 Å². The molecule has 2 heteroatoms. The molecule has 0 bridgehead atoms. The number of benzene rings is 1. The first-order chi connectivity index (χ1) is 7.75. The van der Waals surface area contributed by atoms with Gasteiger partial charge in [-0.2, -0.15) is 0 Å². The van der Waals surface area contributed by atoms with Crippen molar-refractivity contribution in [3.8, 4) is 0 Å². The molecule has 0 aliphatic carbocycles. The molecule has 1 aliphatic heterocycles. The predicted molar refractivity (Wildman–Crippen MR) is 66.4 cm³/mol. The van der Waals surface area contributed by atoms with E-state index in [0.29, 0.717) is 5.92 Å². The second-order valence-electron chi connectivity index (χ2n) is 4.42. The van der Waals surface area contributed by atoms with Crippen molar-refractivity contribution in [2.45, 2.75) is 13.3 Å². The molecular weight excluding hydrogens is 198 g/mol. The van der Waals surface area contributed by atoms with Gasteiger partial charge in [0.2, 0.25) is 0 Å². The lowest BCUT2D eigenvalue weighted by atomic mass is 10.0. The van der Waals surface area contributed by atoms with E-state index in [1.165, 1.54) is 0 Å². The largest absolute Gasteiger partial charge is 0.288 e. The fourth-order valence-corrected chi connectivity index (χ4v) is 2.28. The lowest BCUT2D eigenvalue weighted by molar-refractivity contribution is 0.670. The van der Waals surface area contributed by atoms with Crippen LogP contribution in [0.2, 0.25) is 0 Å². The Bertz CT molecular complexity index is 637. The Hall–Kier alpha value is -1.83. The summed E-state index contributed by atoms with van der Waals surface area (Å²) in [4.78, 5) is 12.2. The average molecular weight is 211 g/mol. The van der Waals surface area contributed by atoms with E-state index in [1.807, 2.05) is 30.5 Å². The summed E-state index contributed by atoms with van der Waals surface area (Å²) in [6.07, 6.45) is 4.93. The fraction of sp³-hybridized carbons (Fsp3) is 0.214. The molecule has 0 spiro atoms. The van der Waals surface area contributed by atoms with E-state index in [4.69, 9.17) is 0 Å². The summed E-state index contributed by atoms with van der Waals surface area (Å²) in [5.41, 5.74) is 1.20. The SMILES string of the molecule is CC1C=Cn2c(cc3ccccc3c2=O)C1. The number of pyridine rings is 1. The third-order valence-electron chi connectivity index (χ3n) is 3.14. The Balaban J connectivity index is 2.40. The van der Waals surface area contributed by atoms with Gasteiger partial charge >= 0.3 is 0 Å². The van der Waals surface area contributed by atoms with Crippen LogP contribution in [0.3, 0.4) is 0 Å². The van der Waals surface area contributed by atoms with Crippen LogP contribution < -0.4 is 5.56 Å². The summed E-state index contributed by atoms with van der Waals surface area (Å²) in [6, 6.07) is 9.89. The van der Waals surface area contributed by atoms with Gasteiger partial charge in [0.15, 0.2) is 0 Å². The van der Waals surface area contributed by atoms with Crippen LogP contribution in [-0.4, -0.2) is 4.57 Å². The first kappa shape index (κ1) is 9.40. The molecule has 2 heterocycles. The van der Waals surface area contributed by atoms with E-state index in [-0.39, 0.29) is 5.56 Å². The van der Waals surface area contributed by atoms with E-state index in [2.05, 4.69) is 19.1 Å². The predicted octanol–water partition coefficient (Wildman–Crippen LogP) is 2.66. The van der Waals surface area contributed by atoms with Gasteiger partial charge in [0.05, 0.1) is 0 Å². The highest BCUT2D eigenvalue weighted by atomic mass is 16.1. The highest BCUT2D eigenvalue weighted by Crippen LogP contribution is 2.19. The smallest absolute Gasteiger partial charge is 0.262 e. The molecule has 1 atom stereocenters. The van der Waals surface area contributed by atoms with Crippen molar-refractivity contribution < 1.29 is 0 Å². The van der Waals surface area contributed by atoms with Gasteiger partial charge in [-0.05, 0) is 29.9 Å². The zero-order chi connectivity index (χ0) is 11.1. The first-order valence-electron chi connectivity index (χ1n) is 5.57. The van der Waals surface area contributed by atoms with Gasteiger partial charge in [0, 0.05) is 17.3 Å². The second kappa shape index (κ2) is 3.34. The van der Waals surface area contributed by atoms with Crippen molar-refractivity contribution in [3.63, 3.8) is 0 Å². The quantitative estimate of drug-likeness (QED) is 0.656. The van der Waals surface area contributed by atoms with Crippen molar-refractivity contribution in [3.05, 3.63) is 52.5 Å². The number of allylic oxidation sites excluding steroid dienone is 1. The zero-order valence-corrected chi connectivity index (χ0v) is 9.18. The molecule has 80 valence electrons. The number of nitrogens with zero attached hydrogens (tertiary/aromatic N) is 1. The van der Waals surface area contributed by atoms with Crippen molar-refractivity contribution in [2.24, 2.45) is 5.92 Å². The molecule has 16 heavy (non-hydrogen) atoms. The summed E-state index contributed by atoms with van der Waals surface area (Å²) in [7, 11) is 0. The Morgan fingerprint density at radius 2 is 2.12 bits per heavy atom. The van der Waals surface area contributed by atoms with Gasteiger partial charge in [-0.1, -0.05) is 31.2 Å². The number of hydrogen-bond donors (Lipinski definition) is 0. The Morgan fingerprint density at radius 3 is 3.00 bits per heavy atom. The van der Waals surface area contributed by atoms with Gasteiger partial charge in [-0.3, -0.25) is 9.36 Å². The minimum atomic E-state index is 0.0938. The summed E-state index contributed by atoms with van der Waals surface area (Å²) < 4.78 is 1.77. The third kappa shape index (κ3) is 1.30. The Labute approximate surface area is 93.8 Å². The van der Waals surface area contributed by atoms with Crippen LogP contribution >= 0.6 is 0 Å². The lowest BCUT2D eigenvalue weighted by Gasteiger charge is -2.18. The third-order valence-corrected chi connectivity index (χ3v) is 3.14. The van der Waals surface area contributed by atoms with Crippen LogP contribution in [-0.2, 0) is 6.42 Å². The van der Waals surface area contributed by atoms with Crippen molar-refractivity contribution in [2.75, 3.05) is 0 Å². The molecule has 0 radical (unpaired) electrons. The topological polar surface area (TPSA) is 22.0 Å². The van der Waals surface area contributed by atoms with Gasteiger partial charge in [0.25, 0.3) is 5.56 Å². The van der Waals surface area contributed by atoms with Gasteiger partial charge in [0.1, 0.15) is 0 Å². The number of hydrogen-bond acceptors (Lipinski definition) is 1. The zero-order valence-electron chi connectivity index (χ0n) is 9.18. The molecule has 1 aliphatic rings. The summed E-state index contributed by atoms with van der Waals surface area (Å²) in [6.45, 7) is 2.17. The number of aromatic nitrogens is 1. The maximum atomic E-state index is 12.2. The molecule has 3 rings (SSSR count). The molecule has 0 amide bonds. The van der Waals surface area contributed by atoms with Crippen LogP contribution in [0.4, 0.5) is 0 Å². The minimum Gasteiger partial charge on any atom is -0.288 e. The highest BCUT2D eigenvalue weighted by molar-refractivity contribution is 5.82. The monoisotopic (exact) mass is 211 g/mol. The van der Waals surface area contributed by atoms with Gasteiger partial charge < -0.3 is 0 Å². The number of rotatable bonds is 0. The Kier molecular flexibility index (Phi) is 1.96. The summed E-state index contributed by atoms with van der Waals surface area (Å²) in [5, 5.41) is 1.84. The van der Waals surface area contributed by atoms with Gasteiger partial charge in [-0.15, -0.1) is 0 Å². The van der Waals surface area contributed by atoms with E-state index >= 15 is 0 Å². The van der Waals surface area contributed by atoms with Crippen LogP contribution in [0.5, 0.6) is 0 Å². The number of fused-ring (bicyclic) bond motifs is 2. The normalized spacial score (nSPS) is 18.7. The Morgan fingerprint density at radius 1 is 1.31 bits per heavy atom. The molecule has 1 aromatic heterocycles. The van der Waals surface area contributed by atoms with Crippen molar-refractivity contribution in [1.82, 2.24) is 4.57 Å². The lowest BCUT2D eigenvalue weighted by Crippen LogP contribution is -2.23. The standard InChI is InChI=1S/C14H13NO/c1-10-6-7-15-12(8-10)9-11-4-2-3-5-13(11)14(15)16/h2-7,9-10H,8H2,1H3. The molecule has 0 fully saturated rings. The molecule has 0 saturated heterocycles. The maximum absolute atomic E-state index is 12.2. The second-order valence-corrected chi connectivity index (χ2v) is 4.42. The van der Waals surface area contributed by atoms with E-state index in [1.54, 1.807) is 4.57 Å². The van der Waals surface area contributed by atoms with E-state index in [0.717, 1.165) is 22.9 Å². The van der Waals surface area contributed by atoms with Crippen LogP contribution in [0, 0.1) is 5.92 Å². The molecular formula is C14H13NO. The summed E-state index contributed by atoms with van der Waals surface area (Å²) >= 11 is 0. The minimum absolute atomic E-state index is 0.0938.